The van der Waals surface area contributed by atoms with E-state index in [1.165, 1.54) is 37.8 Å². The minimum Gasteiger partial charge on any atom is -0.433 e. The molecule has 1 aromatic heterocycles. The number of benzene rings is 4. The fourth-order valence-electron chi connectivity index (χ4n) is 5.35. The van der Waals surface area contributed by atoms with E-state index in [9.17, 15) is 0 Å². The Morgan fingerprint density at radius 1 is 0.879 bits per heavy atom. The number of rotatable bonds is 2. The predicted octanol–water partition coefficient (Wildman–Crippen LogP) is 5.42. The molecule has 2 heterocycles. The first kappa shape index (κ1) is 20.1. The fourth-order valence-corrected chi connectivity index (χ4v) is 7.97. The van der Waals surface area contributed by atoms with Crippen molar-refractivity contribution in [3.8, 4) is 22.9 Å². The Hall–Kier alpha value is -3.50. The minimum absolute atomic E-state index is 0.698. The number of aromatic nitrogens is 2. The van der Waals surface area contributed by atoms with Gasteiger partial charge in [-0.3, -0.25) is 0 Å². The highest BCUT2D eigenvalue weighted by atomic mass is 28.3. The van der Waals surface area contributed by atoms with Gasteiger partial charge in [0.2, 0.25) is 5.52 Å². The minimum atomic E-state index is -1.96. The molecule has 0 radical (unpaired) electrons. The molecule has 0 spiro atoms. The first-order valence-corrected chi connectivity index (χ1v) is 14.5. The quantitative estimate of drug-likeness (QED) is 0.261. The normalized spacial score (nSPS) is 12.6. The van der Waals surface area contributed by atoms with Crippen LogP contribution in [0.3, 0.4) is 0 Å². The average Bonchev–Trinajstić information content (AvgIpc) is 2.82. The lowest BCUT2D eigenvalue weighted by molar-refractivity contribution is -0.634. The van der Waals surface area contributed by atoms with E-state index in [-0.39, 0.29) is 0 Å². The van der Waals surface area contributed by atoms with Gasteiger partial charge in [0.1, 0.15) is 26.4 Å². The van der Waals surface area contributed by atoms with E-state index in [2.05, 4.69) is 111 Å². The molecule has 33 heavy (non-hydrogen) atoms. The lowest BCUT2D eigenvalue weighted by Gasteiger charge is -2.25. The smallest absolute Gasteiger partial charge is 0.294 e. The summed E-state index contributed by atoms with van der Waals surface area (Å²) >= 11 is 0. The molecular weight excluding hydrogens is 420 g/mol. The first-order chi connectivity index (χ1) is 15.9. The fraction of sp³-hybridized carbons (Fsp3) is 0.172. The van der Waals surface area contributed by atoms with Crippen molar-refractivity contribution >= 4 is 40.3 Å². The van der Waals surface area contributed by atoms with Crippen LogP contribution < -0.4 is 19.7 Å². The number of ether oxygens (including phenoxy) is 1. The number of nitrogens with zero attached hydrogens (tertiary/aromatic N) is 2. The van der Waals surface area contributed by atoms with E-state index < -0.39 is 8.07 Å². The second-order valence-electron chi connectivity index (χ2n) is 9.64. The summed E-state index contributed by atoms with van der Waals surface area (Å²) in [5, 5.41) is 5.13. The van der Waals surface area contributed by atoms with Crippen LogP contribution >= 0.6 is 0 Å². The molecule has 1 aliphatic rings. The zero-order valence-corrected chi connectivity index (χ0v) is 20.7. The van der Waals surface area contributed by atoms with Crippen molar-refractivity contribution in [2.75, 3.05) is 0 Å². The summed E-state index contributed by atoms with van der Waals surface area (Å²) in [7, 11) is 0.187. The molecule has 1 aliphatic heterocycles. The van der Waals surface area contributed by atoms with Gasteiger partial charge in [-0.25, -0.2) is 4.98 Å². The van der Waals surface area contributed by atoms with Crippen molar-refractivity contribution in [2.45, 2.75) is 26.9 Å². The van der Waals surface area contributed by atoms with Gasteiger partial charge in [-0.1, -0.05) is 78.9 Å². The Morgan fingerprint density at radius 3 is 2.42 bits per heavy atom. The SMILES string of the molecule is Cc1cc2cccc3c2c(c1C)-c1c(nc2c([Si](C)(C)c4ccccc4)cccc2[n+]1C)O3. The number of para-hydroxylation sites is 1. The van der Waals surface area contributed by atoms with Crippen molar-refractivity contribution in [3.63, 3.8) is 0 Å². The molecule has 0 N–H and O–H groups in total. The highest BCUT2D eigenvalue weighted by Gasteiger charge is 2.35. The van der Waals surface area contributed by atoms with E-state index >= 15 is 0 Å². The lowest BCUT2D eigenvalue weighted by atomic mass is 9.91. The molecule has 6 rings (SSSR count). The highest BCUT2D eigenvalue weighted by molar-refractivity contribution is 7.01. The molecule has 162 valence electrons. The third kappa shape index (κ3) is 2.80. The molecule has 0 unspecified atom stereocenters. The van der Waals surface area contributed by atoms with Crippen LogP contribution in [0.5, 0.6) is 11.6 Å². The van der Waals surface area contributed by atoms with Gasteiger partial charge in [0.15, 0.2) is 0 Å². The van der Waals surface area contributed by atoms with Gasteiger partial charge in [0, 0.05) is 11.5 Å². The molecule has 4 aromatic carbocycles. The van der Waals surface area contributed by atoms with Crippen molar-refractivity contribution in [1.82, 2.24) is 4.98 Å². The van der Waals surface area contributed by atoms with E-state index in [1.54, 1.807) is 0 Å². The summed E-state index contributed by atoms with van der Waals surface area (Å²) in [6.07, 6.45) is 0. The summed E-state index contributed by atoms with van der Waals surface area (Å²) in [4.78, 5) is 5.22. The number of hydrogen-bond acceptors (Lipinski definition) is 2. The Kier molecular flexibility index (Phi) is 4.27. The number of hydrogen-bond donors (Lipinski definition) is 0. The molecule has 0 aliphatic carbocycles. The molecule has 4 heteroatoms. The molecule has 0 bridgehead atoms. The Bertz CT molecular complexity index is 1590. The molecule has 0 saturated carbocycles. The van der Waals surface area contributed by atoms with Gasteiger partial charge >= 0.3 is 0 Å². The maximum atomic E-state index is 6.49. The van der Waals surface area contributed by atoms with Crippen molar-refractivity contribution in [1.29, 1.82) is 0 Å². The summed E-state index contributed by atoms with van der Waals surface area (Å²) in [6, 6.07) is 26.0. The third-order valence-corrected chi connectivity index (χ3v) is 10.9. The largest absolute Gasteiger partial charge is 0.433 e. The Morgan fingerprint density at radius 2 is 1.64 bits per heavy atom. The molecule has 0 atom stereocenters. The number of aryl methyl sites for hydroxylation is 2. The van der Waals surface area contributed by atoms with Crippen LogP contribution in [0.4, 0.5) is 0 Å². The van der Waals surface area contributed by atoms with Crippen molar-refractivity contribution in [2.24, 2.45) is 7.05 Å². The van der Waals surface area contributed by atoms with E-state index in [0.29, 0.717) is 5.88 Å². The highest BCUT2D eigenvalue weighted by Crippen LogP contribution is 2.46. The zero-order valence-electron chi connectivity index (χ0n) is 19.7. The van der Waals surface area contributed by atoms with Crippen molar-refractivity contribution in [3.05, 3.63) is 83.9 Å². The summed E-state index contributed by atoms with van der Waals surface area (Å²) in [5.74, 6) is 1.59. The molecule has 3 nitrogen and oxygen atoms in total. The van der Waals surface area contributed by atoms with Gasteiger partial charge < -0.3 is 4.74 Å². The Labute approximate surface area is 195 Å². The van der Waals surface area contributed by atoms with Gasteiger partial charge in [0.25, 0.3) is 11.6 Å². The third-order valence-electron chi connectivity index (χ3n) is 7.39. The molecule has 0 fully saturated rings. The monoisotopic (exact) mass is 447 g/mol. The van der Waals surface area contributed by atoms with E-state index in [4.69, 9.17) is 9.72 Å². The van der Waals surface area contributed by atoms with Gasteiger partial charge in [0.05, 0.1) is 5.56 Å². The molecular formula is C29H27N2OSi+. The molecule has 0 amide bonds. The lowest BCUT2D eigenvalue weighted by Crippen LogP contribution is -2.53. The Balaban J connectivity index is 1.70. The van der Waals surface area contributed by atoms with E-state index in [0.717, 1.165) is 22.5 Å². The summed E-state index contributed by atoms with van der Waals surface area (Å²) < 4.78 is 8.78. The molecule has 0 saturated heterocycles. The summed E-state index contributed by atoms with van der Waals surface area (Å²) in [6.45, 7) is 9.21. The maximum Gasteiger partial charge on any atom is 0.294 e. The van der Waals surface area contributed by atoms with Crippen LogP contribution in [0.25, 0.3) is 33.1 Å². The standard InChI is InChI=1S/C29H27N2OSi/c1-18-17-20-11-9-15-23-26(20)25(19(18)2)28-29(32-23)30-27-22(31(28)3)14-10-16-24(27)33(4,5)21-12-7-6-8-13-21/h6-17H,1-5H3/q+1. The van der Waals surface area contributed by atoms with Crippen molar-refractivity contribution < 1.29 is 9.30 Å². The molecule has 5 aromatic rings. The van der Waals surface area contributed by atoms with Crippen LogP contribution in [-0.2, 0) is 7.05 Å². The van der Waals surface area contributed by atoms with Crippen LogP contribution in [-0.4, -0.2) is 13.1 Å². The maximum absolute atomic E-state index is 6.49. The second-order valence-corrected chi connectivity index (χ2v) is 14.0. The van der Waals surface area contributed by atoms with Crippen LogP contribution in [0, 0.1) is 13.8 Å². The second kappa shape index (κ2) is 7.00. The van der Waals surface area contributed by atoms with Crippen LogP contribution in [0.1, 0.15) is 11.1 Å². The summed E-state index contributed by atoms with van der Waals surface area (Å²) in [5.41, 5.74) is 7.05. The zero-order chi connectivity index (χ0) is 22.9. The van der Waals surface area contributed by atoms with Gasteiger partial charge in [-0.2, -0.15) is 4.57 Å². The van der Waals surface area contributed by atoms with Crippen LogP contribution in [0.15, 0.2) is 72.8 Å². The predicted molar refractivity (Wildman–Crippen MR) is 139 cm³/mol. The van der Waals surface area contributed by atoms with Crippen LogP contribution in [0.2, 0.25) is 13.1 Å². The first-order valence-electron chi connectivity index (χ1n) is 11.5. The van der Waals surface area contributed by atoms with Gasteiger partial charge in [-0.15, -0.1) is 0 Å². The van der Waals surface area contributed by atoms with Gasteiger partial charge in [-0.05, 0) is 41.6 Å². The topological polar surface area (TPSA) is 26.0 Å². The number of fused-ring (bicyclic) bond motifs is 3. The van der Waals surface area contributed by atoms with E-state index in [1.807, 2.05) is 0 Å². The average molecular weight is 448 g/mol.